The number of halogens is 1. The third-order valence-corrected chi connectivity index (χ3v) is 4.31. The summed E-state index contributed by atoms with van der Waals surface area (Å²) in [6.45, 7) is 4.25. The van der Waals surface area contributed by atoms with Crippen molar-refractivity contribution in [1.82, 2.24) is 9.80 Å². The number of piperazine rings is 1. The zero-order valence-corrected chi connectivity index (χ0v) is 13.1. The normalized spacial score (nSPS) is 15.6. The molecule has 0 unspecified atom stereocenters. The molecular weight excluding hydrogens is 291 g/mol. The Hall–Kier alpha value is -2.20. The number of hydrogen-bond donors (Lipinski definition) is 0. The molecule has 3 nitrogen and oxygen atoms in total. The number of hydrogen-bond acceptors (Lipinski definition) is 2. The van der Waals surface area contributed by atoms with Crippen LogP contribution >= 0.6 is 0 Å². The van der Waals surface area contributed by atoms with Crippen LogP contribution in [0.2, 0.25) is 0 Å². The molecule has 2 aromatic carbocycles. The van der Waals surface area contributed by atoms with E-state index in [0.717, 1.165) is 39.1 Å². The summed E-state index contributed by atoms with van der Waals surface area (Å²) < 4.78 is 12.9. The summed E-state index contributed by atoms with van der Waals surface area (Å²) >= 11 is 0. The third kappa shape index (κ3) is 4.17. The van der Waals surface area contributed by atoms with Gasteiger partial charge in [0.05, 0.1) is 0 Å². The van der Waals surface area contributed by atoms with Gasteiger partial charge in [0.2, 0.25) is 0 Å². The van der Waals surface area contributed by atoms with E-state index in [1.807, 2.05) is 11.0 Å². The van der Waals surface area contributed by atoms with Crippen LogP contribution in [0.4, 0.5) is 4.39 Å². The van der Waals surface area contributed by atoms with Crippen molar-refractivity contribution < 1.29 is 9.18 Å². The van der Waals surface area contributed by atoms with Crippen molar-refractivity contribution in [3.8, 4) is 0 Å². The van der Waals surface area contributed by atoms with Gasteiger partial charge in [-0.25, -0.2) is 4.39 Å². The van der Waals surface area contributed by atoms with Crippen molar-refractivity contribution in [2.24, 2.45) is 0 Å². The van der Waals surface area contributed by atoms with Crippen LogP contribution < -0.4 is 0 Å². The van der Waals surface area contributed by atoms with Gasteiger partial charge in [0.15, 0.2) is 0 Å². The standard InChI is InChI=1S/C19H21FN2O/c20-18-8-6-17(7-9-18)19(23)22-14-12-21(13-15-22)11-10-16-4-2-1-3-5-16/h1-9H,10-15H2. The molecule has 0 aliphatic carbocycles. The maximum atomic E-state index is 12.9. The Morgan fingerprint density at radius 3 is 2.22 bits per heavy atom. The van der Waals surface area contributed by atoms with Gasteiger partial charge < -0.3 is 4.90 Å². The second-order valence-electron chi connectivity index (χ2n) is 5.88. The summed E-state index contributed by atoms with van der Waals surface area (Å²) in [5.74, 6) is -0.319. The van der Waals surface area contributed by atoms with Crippen LogP contribution in [-0.2, 0) is 6.42 Å². The quantitative estimate of drug-likeness (QED) is 0.867. The van der Waals surface area contributed by atoms with Crippen molar-refractivity contribution in [3.05, 3.63) is 71.5 Å². The van der Waals surface area contributed by atoms with E-state index < -0.39 is 0 Å². The Morgan fingerprint density at radius 2 is 1.57 bits per heavy atom. The van der Waals surface area contributed by atoms with Gasteiger partial charge in [-0.05, 0) is 36.2 Å². The zero-order valence-electron chi connectivity index (χ0n) is 13.1. The van der Waals surface area contributed by atoms with Gasteiger partial charge in [-0.15, -0.1) is 0 Å². The first kappa shape index (κ1) is 15.7. The molecule has 0 saturated carbocycles. The molecule has 1 heterocycles. The SMILES string of the molecule is O=C(c1ccc(F)cc1)N1CCN(CCc2ccccc2)CC1. The monoisotopic (exact) mass is 312 g/mol. The molecular formula is C19H21FN2O. The van der Waals surface area contributed by atoms with E-state index in [0.29, 0.717) is 5.56 Å². The average molecular weight is 312 g/mol. The molecule has 1 aliphatic heterocycles. The lowest BCUT2D eigenvalue weighted by Gasteiger charge is -2.34. The van der Waals surface area contributed by atoms with E-state index in [-0.39, 0.29) is 11.7 Å². The van der Waals surface area contributed by atoms with Gasteiger partial charge in [-0.2, -0.15) is 0 Å². The van der Waals surface area contributed by atoms with Gasteiger partial charge in [0.25, 0.3) is 5.91 Å². The van der Waals surface area contributed by atoms with Crippen LogP contribution in [0.5, 0.6) is 0 Å². The highest BCUT2D eigenvalue weighted by atomic mass is 19.1. The molecule has 0 N–H and O–H groups in total. The fourth-order valence-electron chi connectivity index (χ4n) is 2.88. The number of benzene rings is 2. The first-order chi connectivity index (χ1) is 11.2. The summed E-state index contributed by atoms with van der Waals surface area (Å²) in [4.78, 5) is 16.6. The number of carbonyl (C=O) groups is 1. The Morgan fingerprint density at radius 1 is 0.913 bits per heavy atom. The fourth-order valence-corrected chi connectivity index (χ4v) is 2.88. The smallest absolute Gasteiger partial charge is 0.253 e. The van der Waals surface area contributed by atoms with Crippen molar-refractivity contribution in [2.75, 3.05) is 32.7 Å². The second kappa shape index (κ2) is 7.38. The number of carbonyl (C=O) groups excluding carboxylic acids is 1. The lowest BCUT2D eigenvalue weighted by Crippen LogP contribution is -2.49. The van der Waals surface area contributed by atoms with E-state index in [2.05, 4.69) is 29.2 Å². The second-order valence-corrected chi connectivity index (χ2v) is 5.88. The van der Waals surface area contributed by atoms with Crippen LogP contribution in [0, 0.1) is 5.82 Å². The number of rotatable bonds is 4. The molecule has 1 saturated heterocycles. The van der Waals surface area contributed by atoms with Crippen LogP contribution in [0.25, 0.3) is 0 Å². The molecule has 120 valence electrons. The van der Waals surface area contributed by atoms with E-state index in [1.165, 1.54) is 17.7 Å². The zero-order chi connectivity index (χ0) is 16.1. The number of nitrogens with zero attached hydrogens (tertiary/aromatic N) is 2. The molecule has 0 bridgehead atoms. The molecule has 1 amide bonds. The Kier molecular flexibility index (Phi) is 5.03. The molecule has 23 heavy (non-hydrogen) atoms. The average Bonchev–Trinajstić information content (AvgIpc) is 2.61. The van der Waals surface area contributed by atoms with Gasteiger partial charge in [-0.3, -0.25) is 9.69 Å². The minimum absolute atomic E-state index is 0.00675. The maximum absolute atomic E-state index is 12.9. The molecule has 1 fully saturated rings. The summed E-state index contributed by atoms with van der Waals surface area (Å²) in [5, 5.41) is 0. The minimum atomic E-state index is -0.313. The molecule has 4 heteroatoms. The van der Waals surface area contributed by atoms with Crippen molar-refractivity contribution in [1.29, 1.82) is 0 Å². The van der Waals surface area contributed by atoms with Gasteiger partial charge >= 0.3 is 0 Å². The van der Waals surface area contributed by atoms with E-state index >= 15 is 0 Å². The molecule has 0 spiro atoms. The van der Waals surface area contributed by atoms with E-state index in [4.69, 9.17) is 0 Å². The predicted molar refractivity (Wildman–Crippen MR) is 88.9 cm³/mol. The maximum Gasteiger partial charge on any atom is 0.253 e. The van der Waals surface area contributed by atoms with Crippen LogP contribution in [0.15, 0.2) is 54.6 Å². The Balaban J connectivity index is 1.48. The number of amides is 1. The Labute approximate surface area is 136 Å². The summed E-state index contributed by atoms with van der Waals surface area (Å²) in [6, 6.07) is 16.2. The van der Waals surface area contributed by atoms with E-state index in [9.17, 15) is 9.18 Å². The molecule has 3 rings (SSSR count). The van der Waals surface area contributed by atoms with Crippen molar-refractivity contribution in [3.63, 3.8) is 0 Å². The van der Waals surface area contributed by atoms with Crippen molar-refractivity contribution in [2.45, 2.75) is 6.42 Å². The minimum Gasteiger partial charge on any atom is -0.336 e. The van der Waals surface area contributed by atoms with E-state index in [1.54, 1.807) is 12.1 Å². The van der Waals surface area contributed by atoms with Crippen LogP contribution in [0.3, 0.4) is 0 Å². The molecule has 0 radical (unpaired) electrons. The highest BCUT2D eigenvalue weighted by molar-refractivity contribution is 5.94. The predicted octanol–water partition coefficient (Wildman–Crippen LogP) is 2.83. The third-order valence-electron chi connectivity index (χ3n) is 4.31. The van der Waals surface area contributed by atoms with Crippen LogP contribution in [-0.4, -0.2) is 48.4 Å². The Bertz CT molecular complexity index is 634. The first-order valence-electron chi connectivity index (χ1n) is 8.03. The largest absolute Gasteiger partial charge is 0.336 e. The topological polar surface area (TPSA) is 23.6 Å². The summed E-state index contributed by atoms with van der Waals surface area (Å²) in [5.41, 5.74) is 1.90. The molecule has 2 aromatic rings. The van der Waals surface area contributed by atoms with Gasteiger partial charge in [0, 0.05) is 38.3 Å². The van der Waals surface area contributed by atoms with Crippen LogP contribution in [0.1, 0.15) is 15.9 Å². The van der Waals surface area contributed by atoms with Crippen molar-refractivity contribution >= 4 is 5.91 Å². The highest BCUT2D eigenvalue weighted by Crippen LogP contribution is 2.11. The highest BCUT2D eigenvalue weighted by Gasteiger charge is 2.21. The molecule has 0 aromatic heterocycles. The summed E-state index contributed by atoms with van der Waals surface area (Å²) in [6.07, 6.45) is 1.03. The lowest BCUT2D eigenvalue weighted by molar-refractivity contribution is 0.0638. The molecule has 1 aliphatic rings. The first-order valence-corrected chi connectivity index (χ1v) is 8.03. The van der Waals surface area contributed by atoms with Gasteiger partial charge in [-0.1, -0.05) is 30.3 Å². The fraction of sp³-hybridized carbons (Fsp3) is 0.316. The molecule has 0 atom stereocenters. The summed E-state index contributed by atoms with van der Waals surface area (Å²) in [7, 11) is 0. The lowest BCUT2D eigenvalue weighted by atomic mass is 10.1. The van der Waals surface area contributed by atoms with Gasteiger partial charge in [0.1, 0.15) is 5.82 Å².